The molecule has 3 rings (SSSR count). The van der Waals surface area contributed by atoms with Crippen LogP contribution in [0.2, 0.25) is 0 Å². The third kappa shape index (κ3) is 3.01. The van der Waals surface area contributed by atoms with E-state index in [1.807, 2.05) is 0 Å². The van der Waals surface area contributed by atoms with Gasteiger partial charge in [-0.3, -0.25) is 14.5 Å². The molecule has 0 bridgehead atoms. The summed E-state index contributed by atoms with van der Waals surface area (Å²) in [6, 6.07) is 0.0769. The summed E-state index contributed by atoms with van der Waals surface area (Å²) in [5, 5.41) is 3.35. The molecule has 1 spiro atoms. The van der Waals surface area contributed by atoms with Gasteiger partial charge in [0.1, 0.15) is 0 Å². The maximum atomic E-state index is 12.7. The van der Waals surface area contributed by atoms with E-state index in [2.05, 4.69) is 12.2 Å². The largest absolute Gasteiger partial charge is 0.317 e. The molecule has 1 saturated carbocycles. The number of likely N-dealkylation sites (tertiary alicyclic amines) is 1. The van der Waals surface area contributed by atoms with Crippen LogP contribution in [0.1, 0.15) is 64.7 Å². The summed E-state index contributed by atoms with van der Waals surface area (Å²) in [5.74, 6) is 0.665. The van der Waals surface area contributed by atoms with Gasteiger partial charge in [0, 0.05) is 18.9 Å². The summed E-state index contributed by atoms with van der Waals surface area (Å²) >= 11 is 0. The van der Waals surface area contributed by atoms with Crippen LogP contribution in [0.4, 0.5) is 0 Å². The van der Waals surface area contributed by atoms with Gasteiger partial charge in [-0.1, -0.05) is 19.3 Å². The Labute approximate surface area is 127 Å². The molecular formula is C17H28N2O2. The first-order valence-electron chi connectivity index (χ1n) is 8.67. The molecule has 0 aromatic heterocycles. The van der Waals surface area contributed by atoms with Crippen molar-refractivity contribution >= 4 is 11.8 Å². The second kappa shape index (κ2) is 6.07. The first kappa shape index (κ1) is 15.0. The summed E-state index contributed by atoms with van der Waals surface area (Å²) in [4.78, 5) is 26.9. The quantitative estimate of drug-likeness (QED) is 0.795. The lowest BCUT2D eigenvalue weighted by Crippen LogP contribution is -2.54. The topological polar surface area (TPSA) is 49.4 Å². The van der Waals surface area contributed by atoms with Crippen LogP contribution in [0, 0.1) is 11.3 Å². The standard InChI is InChI=1S/C17H28N2O2/c1-13(14-5-9-18-10-6-14)19-15(20)11-17(12-16(19)21)7-3-2-4-8-17/h13-14,18H,2-12H2,1H3. The maximum absolute atomic E-state index is 12.7. The van der Waals surface area contributed by atoms with Gasteiger partial charge in [0.25, 0.3) is 0 Å². The molecule has 118 valence electrons. The van der Waals surface area contributed by atoms with Crippen LogP contribution in [-0.2, 0) is 9.59 Å². The molecule has 0 aromatic rings. The van der Waals surface area contributed by atoms with Crippen molar-refractivity contribution in [3.8, 4) is 0 Å². The highest BCUT2D eigenvalue weighted by molar-refractivity contribution is 5.99. The fourth-order valence-corrected chi connectivity index (χ4v) is 4.66. The lowest BCUT2D eigenvalue weighted by Gasteiger charge is -2.45. The van der Waals surface area contributed by atoms with Gasteiger partial charge in [0.15, 0.2) is 0 Å². The number of nitrogens with one attached hydrogen (secondary N) is 1. The van der Waals surface area contributed by atoms with Crippen molar-refractivity contribution in [2.75, 3.05) is 13.1 Å². The number of rotatable bonds is 2. The predicted octanol–water partition coefficient (Wildman–Crippen LogP) is 2.47. The van der Waals surface area contributed by atoms with E-state index in [1.165, 1.54) is 19.3 Å². The molecule has 1 atom stereocenters. The van der Waals surface area contributed by atoms with Crippen molar-refractivity contribution in [1.82, 2.24) is 10.2 Å². The second-order valence-electron chi connectivity index (χ2n) is 7.40. The van der Waals surface area contributed by atoms with Crippen molar-refractivity contribution in [3.05, 3.63) is 0 Å². The van der Waals surface area contributed by atoms with Crippen LogP contribution in [0.5, 0.6) is 0 Å². The molecule has 4 nitrogen and oxygen atoms in total. The molecule has 3 fully saturated rings. The van der Waals surface area contributed by atoms with Gasteiger partial charge in [-0.2, -0.15) is 0 Å². The molecule has 1 aliphatic carbocycles. The zero-order valence-electron chi connectivity index (χ0n) is 13.2. The van der Waals surface area contributed by atoms with Crippen molar-refractivity contribution in [2.24, 2.45) is 11.3 Å². The Morgan fingerprint density at radius 3 is 2.19 bits per heavy atom. The van der Waals surface area contributed by atoms with Gasteiger partial charge in [-0.15, -0.1) is 0 Å². The number of amides is 2. The Hall–Kier alpha value is -0.900. The van der Waals surface area contributed by atoms with Gasteiger partial charge >= 0.3 is 0 Å². The summed E-state index contributed by atoms with van der Waals surface area (Å²) < 4.78 is 0. The number of nitrogens with zero attached hydrogens (tertiary/aromatic N) is 1. The van der Waals surface area contributed by atoms with Crippen molar-refractivity contribution in [2.45, 2.75) is 70.8 Å². The molecule has 3 aliphatic rings. The van der Waals surface area contributed by atoms with E-state index < -0.39 is 0 Å². The molecule has 2 heterocycles. The summed E-state index contributed by atoms with van der Waals surface area (Å²) in [5.41, 5.74) is 0.0107. The van der Waals surface area contributed by atoms with Crippen LogP contribution in [0.3, 0.4) is 0 Å². The van der Waals surface area contributed by atoms with Crippen molar-refractivity contribution in [3.63, 3.8) is 0 Å². The van der Waals surface area contributed by atoms with Crippen LogP contribution in [0.25, 0.3) is 0 Å². The normalized spacial score (nSPS) is 28.9. The van der Waals surface area contributed by atoms with E-state index in [1.54, 1.807) is 4.90 Å². The molecule has 2 aliphatic heterocycles. The van der Waals surface area contributed by atoms with E-state index in [-0.39, 0.29) is 23.3 Å². The second-order valence-corrected chi connectivity index (χ2v) is 7.40. The average Bonchev–Trinajstić information content (AvgIpc) is 2.48. The minimum absolute atomic E-state index is 0.0107. The Morgan fingerprint density at radius 1 is 1.05 bits per heavy atom. The van der Waals surface area contributed by atoms with Crippen LogP contribution < -0.4 is 5.32 Å². The van der Waals surface area contributed by atoms with Gasteiger partial charge in [0.05, 0.1) is 0 Å². The van der Waals surface area contributed by atoms with E-state index in [0.29, 0.717) is 18.8 Å². The zero-order chi connectivity index (χ0) is 14.9. The van der Waals surface area contributed by atoms with E-state index in [9.17, 15) is 9.59 Å². The third-order valence-corrected chi connectivity index (χ3v) is 5.98. The number of imide groups is 1. The lowest BCUT2D eigenvalue weighted by molar-refractivity contribution is -0.158. The Kier molecular flexibility index (Phi) is 4.34. The predicted molar refractivity (Wildman–Crippen MR) is 81.7 cm³/mol. The molecule has 21 heavy (non-hydrogen) atoms. The average molecular weight is 292 g/mol. The van der Waals surface area contributed by atoms with Crippen LogP contribution >= 0.6 is 0 Å². The van der Waals surface area contributed by atoms with Crippen LogP contribution in [-0.4, -0.2) is 35.8 Å². The molecule has 1 N–H and O–H groups in total. The van der Waals surface area contributed by atoms with E-state index in [4.69, 9.17) is 0 Å². The van der Waals surface area contributed by atoms with Gasteiger partial charge in [0.2, 0.25) is 11.8 Å². The first-order chi connectivity index (χ1) is 10.1. The summed E-state index contributed by atoms with van der Waals surface area (Å²) in [6.07, 6.45) is 9.13. The zero-order valence-corrected chi connectivity index (χ0v) is 13.2. The highest BCUT2D eigenvalue weighted by Gasteiger charge is 2.46. The Balaban J connectivity index is 1.69. The van der Waals surface area contributed by atoms with Crippen molar-refractivity contribution in [1.29, 1.82) is 0 Å². The Bertz CT molecular complexity index is 389. The summed E-state index contributed by atoms with van der Waals surface area (Å²) in [7, 11) is 0. The number of carbonyl (C=O) groups is 2. The van der Waals surface area contributed by atoms with Gasteiger partial charge in [-0.05, 0) is 57.0 Å². The minimum Gasteiger partial charge on any atom is -0.317 e. The highest BCUT2D eigenvalue weighted by Crippen LogP contribution is 2.46. The third-order valence-electron chi connectivity index (χ3n) is 5.98. The molecule has 1 unspecified atom stereocenters. The molecule has 4 heteroatoms. The SMILES string of the molecule is CC(C1CCNCC1)N1C(=O)CC2(CCCCC2)CC1=O. The smallest absolute Gasteiger partial charge is 0.229 e. The van der Waals surface area contributed by atoms with Crippen molar-refractivity contribution < 1.29 is 9.59 Å². The molecule has 2 amide bonds. The van der Waals surface area contributed by atoms with E-state index in [0.717, 1.165) is 38.8 Å². The Morgan fingerprint density at radius 2 is 1.62 bits per heavy atom. The number of piperidine rings is 2. The summed E-state index contributed by atoms with van der Waals surface area (Å²) in [6.45, 7) is 4.09. The molecule has 2 saturated heterocycles. The first-order valence-corrected chi connectivity index (χ1v) is 8.67. The van der Waals surface area contributed by atoms with E-state index >= 15 is 0 Å². The van der Waals surface area contributed by atoms with Gasteiger partial charge in [-0.25, -0.2) is 0 Å². The molecular weight excluding hydrogens is 264 g/mol. The number of carbonyl (C=O) groups excluding carboxylic acids is 2. The monoisotopic (exact) mass is 292 g/mol. The molecule has 0 aromatic carbocycles. The number of hydrogen-bond donors (Lipinski definition) is 1. The highest BCUT2D eigenvalue weighted by atomic mass is 16.2. The fraction of sp³-hybridized carbons (Fsp3) is 0.882. The lowest BCUT2D eigenvalue weighted by atomic mass is 9.67. The minimum atomic E-state index is 0.0107. The fourth-order valence-electron chi connectivity index (χ4n) is 4.66. The number of hydrogen-bond acceptors (Lipinski definition) is 3. The van der Waals surface area contributed by atoms with Gasteiger partial charge < -0.3 is 5.32 Å². The maximum Gasteiger partial charge on any atom is 0.229 e. The molecule has 0 radical (unpaired) electrons. The van der Waals surface area contributed by atoms with Crippen LogP contribution in [0.15, 0.2) is 0 Å².